The van der Waals surface area contributed by atoms with Crippen molar-refractivity contribution < 1.29 is 14.5 Å². The monoisotopic (exact) mass is 414 g/mol. The number of nitro groups is 1. The highest BCUT2D eigenvalue weighted by Gasteiger charge is 2.11. The van der Waals surface area contributed by atoms with E-state index in [9.17, 15) is 14.9 Å². The number of carbonyl (C=O) groups excluding carboxylic acids is 1. The van der Waals surface area contributed by atoms with Crippen LogP contribution in [-0.2, 0) is 6.61 Å². The number of nitro benzene ring substituents is 1. The maximum absolute atomic E-state index is 12.2. The minimum absolute atomic E-state index is 0.155. The molecule has 3 aromatic carbocycles. The van der Waals surface area contributed by atoms with E-state index in [1.165, 1.54) is 30.5 Å². The molecule has 0 aliphatic heterocycles. The number of aromatic amines is 1. The summed E-state index contributed by atoms with van der Waals surface area (Å²) in [6, 6.07) is 21.0. The molecule has 8 heteroatoms. The van der Waals surface area contributed by atoms with Crippen LogP contribution in [0.15, 0.2) is 84.1 Å². The van der Waals surface area contributed by atoms with Gasteiger partial charge in [0.1, 0.15) is 12.4 Å². The molecule has 8 nitrogen and oxygen atoms in total. The number of non-ortho nitro benzene ring substituents is 1. The second-order valence-electron chi connectivity index (χ2n) is 6.73. The van der Waals surface area contributed by atoms with Gasteiger partial charge < -0.3 is 9.72 Å². The first-order valence-corrected chi connectivity index (χ1v) is 9.46. The third kappa shape index (κ3) is 4.76. The van der Waals surface area contributed by atoms with E-state index in [2.05, 4.69) is 15.5 Å². The molecular formula is C23H18N4O4. The number of nitrogens with zero attached hydrogens (tertiary/aromatic N) is 2. The highest BCUT2D eigenvalue weighted by Crippen LogP contribution is 2.23. The van der Waals surface area contributed by atoms with Crippen molar-refractivity contribution in [3.63, 3.8) is 0 Å². The molecule has 0 spiro atoms. The Kier molecular flexibility index (Phi) is 5.70. The van der Waals surface area contributed by atoms with Gasteiger partial charge in [-0.3, -0.25) is 14.9 Å². The Labute approximate surface area is 177 Å². The van der Waals surface area contributed by atoms with Gasteiger partial charge in [-0.2, -0.15) is 5.10 Å². The molecule has 2 N–H and O–H groups in total. The van der Waals surface area contributed by atoms with Crippen molar-refractivity contribution in [1.82, 2.24) is 10.4 Å². The molecule has 0 radical (unpaired) electrons. The summed E-state index contributed by atoms with van der Waals surface area (Å²) in [5.74, 6) is 0.179. The smallest absolute Gasteiger partial charge is 0.271 e. The van der Waals surface area contributed by atoms with Crippen LogP contribution in [0.3, 0.4) is 0 Å². The van der Waals surface area contributed by atoms with E-state index < -0.39 is 10.8 Å². The van der Waals surface area contributed by atoms with Gasteiger partial charge >= 0.3 is 0 Å². The molecule has 31 heavy (non-hydrogen) atoms. The molecule has 0 aliphatic carbocycles. The third-order valence-corrected chi connectivity index (χ3v) is 4.62. The third-order valence-electron chi connectivity index (χ3n) is 4.62. The molecule has 4 rings (SSSR count). The normalized spacial score (nSPS) is 11.0. The maximum atomic E-state index is 12.2. The topological polar surface area (TPSA) is 110 Å². The molecule has 0 fully saturated rings. The van der Waals surface area contributed by atoms with Crippen LogP contribution in [0, 0.1) is 10.1 Å². The van der Waals surface area contributed by atoms with Crippen molar-refractivity contribution in [3.05, 3.63) is 106 Å². The summed E-state index contributed by atoms with van der Waals surface area (Å²) in [7, 11) is 0. The Morgan fingerprint density at radius 3 is 2.74 bits per heavy atom. The summed E-state index contributed by atoms with van der Waals surface area (Å²) >= 11 is 0. The molecule has 0 saturated carbocycles. The lowest BCUT2D eigenvalue weighted by atomic mass is 10.2. The van der Waals surface area contributed by atoms with Crippen LogP contribution in [0.4, 0.5) is 5.69 Å². The standard InChI is InChI=1S/C23H18N4O4/c28-23(17-7-4-8-19(11-17)27(29)30)26-25-14-18-13-24-22-10-9-20(12-21(18)22)31-15-16-5-2-1-3-6-16/h1-14,24H,15H2,(H,26,28). The number of aromatic nitrogens is 1. The van der Waals surface area contributed by atoms with E-state index >= 15 is 0 Å². The zero-order valence-electron chi connectivity index (χ0n) is 16.3. The van der Waals surface area contributed by atoms with Crippen LogP contribution in [-0.4, -0.2) is 22.0 Å². The molecule has 1 amide bonds. The van der Waals surface area contributed by atoms with Crippen molar-refractivity contribution in [2.24, 2.45) is 5.10 Å². The predicted octanol–water partition coefficient (Wildman–Crippen LogP) is 4.42. The van der Waals surface area contributed by atoms with Crippen LogP contribution in [0.5, 0.6) is 5.75 Å². The Bertz CT molecular complexity index is 1270. The molecule has 0 saturated heterocycles. The lowest BCUT2D eigenvalue weighted by Crippen LogP contribution is -2.17. The van der Waals surface area contributed by atoms with Gasteiger partial charge in [0.2, 0.25) is 0 Å². The molecule has 0 bridgehead atoms. The van der Waals surface area contributed by atoms with Gasteiger partial charge in [0, 0.05) is 40.4 Å². The van der Waals surface area contributed by atoms with Crippen molar-refractivity contribution in [2.45, 2.75) is 6.61 Å². The molecular weight excluding hydrogens is 396 g/mol. The average Bonchev–Trinajstić information content (AvgIpc) is 3.20. The number of hydrogen-bond donors (Lipinski definition) is 2. The number of benzene rings is 3. The summed E-state index contributed by atoms with van der Waals surface area (Å²) in [6.07, 6.45) is 3.28. The number of fused-ring (bicyclic) bond motifs is 1. The SMILES string of the molecule is O=C(NN=Cc1c[nH]c2ccc(OCc3ccccc3)cc12)c1cccc([N+](=O)[O-])c1. The molecule has 0 aliphatic rings. The van der Waals surface area contributed by atoms with Gasteiger partial charge in [-0.1, -0.05) is 36.4 Å². The first-order valence-electron chi connectivity index (χ1n) is 9.46. The second kappa shape index (κ2) is 8.91. The van der Waals surface area contributed by atoms with Crippen molar-refractivity contribution in [3.8, 4) is 5.75 Å². The van der Waals surface area contributed by atoms with Crippen LogP contribution in [0.25, 0.3) is 10.9 Å². The van der Waals surface area contributed by atoms with Gasteiger partial charge in [0.25, 0.3) is 11.6 Å². The minimum Gasteiger partial charge on any atom is -0.489 e. The lowest BCUT2D eigenvalue weighted by molar-refractivity contribution is -0.384. The van der Waals surface area contributed by atoms with E-state index in [1.54, 1.807) is 6.20 Å². The van der Waals surface area contributed by atoms with Gasteiger partial charge in [-0.05, 0) is 29.8 Å². The van der Waals surface area contributed by atoms with Crippen LogP contribution < -0.4 is 10.2 Å². The Morgan fingerprint density at radius 1 is 1.10 bits per heavy atom. The number of ether oxygens (including phenoxy) is 1. The fourth-order valence-electron chi connectivity index (χ4n) is 3.04. The summed E-state index contributed by atoms with van der Waals surface area (Å²) in [5, 5.41) is 15.7. The fourth-order valence-corrected chi connectivity index (χ4v) is 3.04. The first-order chi connectivity index (χ1) is 15.1. The van der Waals surface area contributed by atoms with E-state index in [0.29, 0.717) is 12.4 Å². The molecule has 154 valence electrons. The largest absolute Gasteiger partial charge is 0.489 e. The van der Waals surface area contributed by atoms with E-state index in [-0.39, 0.29) is 11.3 Å². The van der Waals surface area contributed by atoms with Gasteiger partial charge in [0.15, 0.2) is 0 Å². The van der Waals surface area contributed by atoms with Crippen molar-refractivity contribution in [2.75, 3.05) is 0 Å². The Morgan fingerprint density at radius 2 is 1.94 bits per heavy atom. The number of carbonyl (C=O) groups is 1. The molecule has 1 heterocycles. The number of rotatable bonds is 7. The molecule has 4 aromatic rings. The quantitative estimate of drug-likeness (QED) is 0.265. The number of amides is 1. The van der Waals surface area contributed by atoms with Crippen LogP contribution >= 0.6 is 0 Å². The fraction of sp³-hybridized carbons (Fsp3) is 0.0435. The van der Waals surface area contributed by atoms with Gasteiger partial charge in [0.05, 0.1) is 11.1 Å². The maximum Gasteiger partial charge on any atom is 0.271 e. The van der Waals surface area contributed by atoms with E-state index in [4.69, 9.17) is 4.74 Å². The Hall–Kier alpha value is -4.46. The van der Waals surface area contributed by atoms with Crippen molar-refractivity contribution in [1.29, 1.82) is 0 Å². The van der Waals surface area contributed by atoms with Crippen LogP contribution in [0.2, 0.25) is 0 Å². The summed E-state index contributed by atoms with van der Waals surface area (Å²) in [5.41, 5.74) is 5.13. The number of hydrogen-bond acceptors (Lipinski definition) is 5. The number of hydrazone groups is 1. The average molecular weight is 414 g/mol. The van der Waals surface area contributed by atoms with E-state index in [1.807, 2.05) is 48.5 Å². The highest BCUT2D eigenvalue weighted by molar-refractivity contribution is 6.00. The zero-order valence-corrected chi connectivity index (χ0v) is 16.3. The number of H-pyrrole nitrogens is 1. The number of nitrogens with one attached hydrogen (secondary N) is 2. The van der Waals surface area contributed by atoms with E-state index in [0.717, 1.165) is 22.0 Å². The predicted molar refractivity (Wildman–Crippen MR) is 117 cm³/mol. The van der Waals surface area contributed by atoms with Gasteiger partial charge in [-0.15, -0.1) is 0 Å². The lowest BCUT2D eigenvalue weighted by Gasteiger charge is -2.06. The Balaban J connectivity index is 1.45. The summed E-state index contributed by atoms with van der Waals surface area (Å²) in [4.78, 5) is 25.7. The zero-order chi connectivity index (χ0) is 21.6. The summed E-state index contributed by atoms with van der Waals surface area (Å²) < 4.78 is 5.87. The molecule has 1 aromatic heterocycles. The first kappa shape index (κ1) is 19.8. The van der Waals surface area contributed by atoms with Crippen LogP contribution in [0.1, 0.15) is 21.5 Å². The summed E-state index contributed by atoms with van der Waals surface area (Å²) in [6.45, 7) is 0.458. The highest BCUT2D eigenvalue weighted by atomic mass is 16.6. The van der Waals surface area contributed by atoms with Gasteiger partial charge in [-0.25, -0.2) is 5.43 Å². The minimum atomic E-state index is -0.552. The molecule has 0 unspecified atom stereocenters. The second-order valence-corrected chi connectivity index (χ2v) is 6.73. The molecule has 0 atom stereocenters. The van der Waals surface area contributed by atoms with Crippen molar-refractivity contribution >= 4 is 28.7 Å².